The number of hydrogen-bond donors (Lipinski definition) is 2. The minimum atomic E-state index is -0.0541. The molecule has 2 saturated carbocycles. The van der Waals surface area contributed by atoms with Crippen LogP contribution in [0.3, 0.4) is 0 Å². The van der Waals surface area contributed by atoms with Gasteiger partial charge in [-0.3, -0.25) is 0 Å². The van der Waals surface area contributed by atoms with Crippen LogP contribution in [0, 0.1) is 17.8 Å². The molecule has 0 aromatic heterocycles. The molecule has 0 unspecified atom stereocenters. The molecule has 0 radical (unpaired) electrons. The van der Waals surface area contributed by atoms with Gasteiger partial charge in [-0.15, -0.1) is 0 Å². The van der Waals surface area contributed by atoms with Crippen molar-refractivity contribution < 1.29 is 10.2 Å². The smallest absolute Gasteiger partial charge is 0.0596 e. The van der Waals surface area contributed by atoms with Gasteiger partial charge >= 0.3 is 0 Å². The second-order valence-electron chi connectivity index (χ2n) is 4.46. The molecule has 2 heteroatoms. The molecule has 0 aromatic rings. The van der Waals surface area contributed by atoms with Gasteiger partial charge in [0.1, 0.15) is 0 Å². The van der Waals surface area contributed by atoms with Crippen LogP contribution < -0.4 is 0 Å². The fourth-order valence-electron chi connectivity index (χ4n) is 2.98. The molecular formula is C10H18O2. The Balaban J connectivity index is 2.02. The van der Waals surface area contributed by atoms with Crippen molar-refractivity contribution in [2.24, 2.45) is 17.8 Å². The van der Waals surface area contributed by atoms with E-state index in [0.29, 0.717) is 24.4 Å². The zero-order valence-electron chi connectivity index (χ0n) is 7.45. The molecule has 2 aliphatic carbocycles. The van der Waals surface area contributed by atoms with Crippen LogP contribution >= 0.6 is 0 Å². The van der Waals surface area contributed by atoms with Gasteiger partial charge in [0.05, 0.1) is 6.10 Å². The average molecular weight is 170 g/mol. The predicted molar refractivity (Wildman–Crippen MR) is 46.6 cm³/mol. The molecule has 0 aliphatic heterocycles. The first kappa shape index (κ1) is 8.52. The average Bonchev–Trinajstić information content (AvgIpc) is 2.04. The van der Waals surface area contributed by atoms with E-state index in [1.54, 1.807) is 0 Å². The van der Waals surface area contributed by atoms with Gasteiger partial charge in [0, 0.05) is 6.61 Å². The number of fused-ring (bicyclic) bond motifs is 2. The van der Waals surface area contributed by atoms with Gasteiger partial charge in [0.25, 0.3) is 0 Å². The Hall–Kier alpha value is -0.0800. The van der Waals surface area contributed by atoms with Crippen LogP contribution in [-0.2, 0) is 0 Å². The number of aliphatic hydroxyl groups excluding tert-OH is 2. The summed E-state index contributed by atoms with van der Waals surface area (Å²) in [7, 11) is 0. The predicted octanol–water partition coefficient (Wildman–Crippen LogP) is 1.17. The zero-order valence-corrected chi connectivity index (χ0v) is 7.45. The maximum atomic E-state index is 9.82. The van der Waals surface area contributed by atoms with Crippen LogP contribution in [0.1, 0.15) is 32.1 Å². The molecule has 2 aliphatic rings. The van der Waals surface area contributed by atoms with Crippen molar-refractivity contribution in [1.29, 1.82) is 0 Å². The van der Waals surface area contributed by atoms with E-state index >= 15 is 0 Å². The van der Waals surface area contributed by atoms with E-state index in [1.165, 1.54) is 19.3 Å². The van der Waals surface area contributed by atoms with Crippen LogP contribution in [0.5, 0.6) is 0 Å². The quantitative estimate of drug-likeness (QED) is 0.620. The summed E-state index contributed by atoms with van der Waals surface area (Å²) in [5.74, 6) is 1.47. The normalized spacial score (nSPS) is 47.5. The lowest BCUT2D eigenvalue weighted by atomic mass is 9.66. The molecule has 0 amide bonds. The van der Waals surface area contributed by atoms with Gasteiger partial charge < -0.3 is 10.2 Å². The summed E-state index contributed by atoms with van der Waals surface area (Å²) in [5, 5.41) is 18.9. The summed E-state index contributed by atoms with van der Waals surface area (Å²) >= 11 is 0. The van der Waals surface area contributed by atoms with Crippen molar-refractivity contribution in [3.63, 3.8) is 0 Å². The second-order valence-corrected chi connectivity index (χ2v) is 4.46. The summed E-state index contributed by atoms with van der Waals surface area (Å²) in [5.41, 5.74) is 0. The number of rotatable bonds is 1. The maximum absolute atomic E-state index is 9.82. The van der Waals surface area contributed by atoms with Crippen LogP contribution in [0.25, 0.3) is 0 Å². The molecule has 0 heterocycles. The minimum absolute atomic E-state index is 0.0541. The summed E-state index contributed by atoms with van der Waals surface area (Å²) < 4.78 is 0. The van der Waals surface area contributed by atoms with Gasteiger partial charge in [0.2, 0.25) is 0 Å². The number of aliphatic hydroxyl groups is 2. The van der Waals surface area contributed by atoms with E-state index in [2.05, 4.69) is 0 Å². The van der Waals surface area contributed by atoms with Crippen molar-refractivity contribution in [2.45, 2.75) is 38.2 Å². The highest BCUT2D eigenvalue weighted by atomic mass is 16.3. The van der Waals surface area contributed by atoms with Gasteiger partial charge in [0.15, 0.2) is 0 Å². The minimum Gasteiger partial charge on any atom is -0.396 e. The maximum Gasteiger partial charge on any atom is 0.0596 e. The van der Waals surface area contributed by atoms with Gasteiger partial charge in [-0.25, -0.2) is 0 Å². The van der Waals surface area contributed by atoms with Crippen molar-refractivity contribution in [3.05, 3.63) is 0 Å². The summed E-state index contributed by atoms with van der Waals surface area (Å²) in [6, 6.07) is 0. The Labute approximate surface area is 73.6 Å². The Bertz CT molecular complexity index is 144. The van der Waals surface area contributed by atoms with Gasteiger partial charge in [-0.2, -0.15) is 0 Å². The van der Waals surface area contributed by atoms with Crippen LogP contribution in [0.4, 0.5) is 0 Å². The molecule has 0 aromatic carbocycles. The molecule has 0 saturated heterocycles. The molecular weight excluding hydrogens is 152 g/mol. The fraction of sp³-hybridized carbons (Fsp3) is 1.00. The van der Waals surface area contributed by atoms with Crippen LogP contribution in [0.15, 0.2) is 0 Å². The second kappa shape index (κ2) is 3.35. The third-order valence-corrected chi connectivity index (χ3v) is 3.65. The monoisotopic (exact) mass is 170 g/mol. The lowest BCUT2D eigenvalue weighted by Crippen LogP contribution is -2.41. The lowest BCUT2D eigenvalue weighted by Gasteiger charge is -2.42. The molecule has 2 N–H and O–H groups in total. The Morgan fingerprint density at radius 1 is 1.08 bits per heavy atom. The zero-order chi connectivity index (χ0) is 8.55. The first-order valence-electron chi connectivity index (χ1n) is 5.10. The van der Waals surface area contributed by atoms with Crippen LogP contribution in [0.2, 0.25) is 0 Å². The topological polar surface area (TPSA) is 40.5 Å². The van der Waals surface area contributed by atoms with Crippen LogP contribution in [-0.4, -0.2) is 22.9 Å². The van der Waals surface area contributed by atoms with E-state index in [1.807, 2.05) is 0 Å². The Morgan fingerprint density at radius 2 is 1.67 bits per heavy atom. The van der Waals surface area contributed by atoms with Crippen molar-refractivity contribution in [2.75, 3.05) is 6.61 Å². The summed E-state index contributed by atoms with van der Waals surface area (Å²) in [4.78, 5) is 0. The third-order valence-electron chi connectivity index (χ3n) is 3.65. The molecule has 0 spiro atoms. The van der Waals surface area contributed by atoms with Crippen molar-refractivity contribution >= 4 is 0 Å². The third kappa shape index (κ3) is 1.38. The standard InChI is InChI=1S/C10H18O2/c11-6-7-4-8-2-1-3-9(5-7)10(8)12/h7-12H,1-6H2/t7?,8-,9-,10?/m0/s1. The molecule has 70 valence electrons. The number of hydrogen-bond acceptors (Lipinski definition) is 2. The molecule has 2 rings (SSSR count). The highest BCUT2D eigenvalue weighted by molar-refractivity contribution is 4.89. The van der Waals surface area contributed by atoms with Gasteiger partial charge in [-0.05, 0) is 43.4 Å². The highest BCUT2D eigenvalue weighted by Gasteiger charge is 2.38. The Kier molecular flexibility index (Phi) is 2.37. The first-order valence-corrected chi connectivity index (χ1v) is 5.10. The fourth-order valence-corrected chi connectivity index (χ4v) is 2.98. The van der Waals surface area contributed by atoms with E-state index in [-0.39, 0.29) is 6.10 Å². The highest BCUT2D eigenvalue weighted by Crippen LogP contribution is 2.42. The SMILES string of the molecule is OCC1C[C@@H]2CCC[C@@H](C1)C2O. The molecule has 2 nitrogen and oxygen atoms in total. The molecule has 2 atom stereocenters. The van der Waals surface area contributed by atoms with E-state index in [9.17, 15) is 5.11 Å². The van der Waals surface area contributed by atoms with Crippen molar-refractivity contribution in [3.8, 4) is 0 Å². The Morgan fingerprint density at radius 3 is 2.17 bits per heavy atom. The lowest BCUT2D eigenvalue weighted by molar-refractivity contribution is -0.0428. The van der Waals surface area contributed by atoms with E-state index in [4.69, 9.17) is 5.11 Å². The van der Waals surface area contributed by atoms with Crippen molar-refractivity contribution in [1.82, 2.24) is 0 Å². The molecule has 2 bridgehead atoms. The summed E-state index contributed by atoms with van der Waals surface area (Å²) in [6.07, 6.45) is 5.68. The van der Waals surface area contributed by atoms with Gasteiger partial charge in [-0.1, -0.05) is 6.42 Å². The largest absolute Gasteiger partial charge is 0.396 e. The molecule has 12 heavy (non-hydrogen) atoms. The first-order chi connectivity index (χ1) is 5.81. The van der Waals surface area contributed by atoms with E-state index < -0.39 is 0 Å². The summed E-state index contributed by atoms with van der Waals surface area (Å²) in [6.45, 7) is 0.319. The van der Waals surface area contributed by atoms with E-state index in [0.717, 1.165) is 12.8 Å². The molecule has 2 fully saturated rings.